The van der Waals surface area contributed by atoms with Crippen LogP contribution in [-0.4, -0.2) is 29.6 Å². The van der Waals surface area contributed by atoms with Crippen LogP contribution < -0.4 is 0 Å². The van der Waals surface area contributed by atoms with Crippen molar-refractivity contribution < 1.29 is 0 Å². The topological polar surface area (TPSA) is 0 Å². The van der Waals surface area contributed by atoms with Gasteiger partial charge in [0.05, 0.1) is 10.0 Å². The van der Waals surface area contributed by atoms with Crippen molar-refractivity contribution in [1.82, 2.24) is 0 Å². The summed E-state index contributed by atoms with van der Waals surface area (Å²) in [6.45, 7) is 3.72. The number of hydrogen-bond acceptors (Lipinski definition) is 0. The Morgan fingerprint density at radius 1 is 1.00 bits per heavy atom. The van der Waals surface area contributed by atoms with E-state index in [9.17, 15) is 0 Å². The number of halogens is 3. The molecule has 1 rings (SSSR count). The van der Waals surface area contributed by atoms with Crippen LogP contribution >= 0.6 is 34.8 Å². The molecular formula is C8H8Cl3Na. The molecule has 0 saturated carbocycles. The van der Waals surface area contributed by atoms with Crippen LogP contribution in [0.4, 0.5) is 0 Å². The van der Waals surface area contributed by atoms with E-state index in [1.165, 1.54) is 0 Å². The second-order valence-corrected chi connectivity index (χ2v) is 3.59. The van der Waals surface area contributed by atoms with Crippen molar-refractivity contribution in [2.75, 3.05) is 0 Å². The monoisotopic (exact) mass is 232 g/mol. The van der Waals surface area contributed by atoms with E-state index < -0.39 is 0 Å². The van der Waals surface area contributed by atoms with Crippen LogP contribution in [0.2, 0.25) is 15.1 Å². The molecule has 0 aliphatic heterocycles. The standard InChI is InChI=1S/C8H7Cl3.Na.H/c1-4-3-6(9)5(2)8(11)7(4)10;;/h3H,1-2H3;;. The predicted octanol–water partition coefficient (Wildman–Crippen LogP) is 3.62. The zero-order valence-electron chi connectivity index (χ0n) is 6.21. The van der Waals surface area contributed by atoms with E-state index in [4.69, 9.17) is 34.8 Å². The Bertz CT molecular complexity index is 271. The summed E-state index contributed by atoms with van der Waals surface area (Å²) in [4.78, 5) is 0. The average Bonchev–Trinajstić information content (AvgIpc) is 1.97. The number of hydrogen-bond donors (Lipinski definition) is 0. The Morgan fingerprint density at radius 2 is 1.50 bits per heavy atom. The zero-order valence-corrected chi connectivity index (χ0v) is 8.48. The summed E-state index contributed by atoms with van der Waals surface area (Å²) < 4.78 is 0. The Kier molecular flexibility index (Phi) is 5.55. The molecule has 1 aromatic rings. The van der Waals surface area contributed by atoms with Gasteiger partial charge in [-0.3, -0.25) is 0 Å². The van der Waals surface area contributed by atoms with Crippen molar-refractivity contribution in [2.45, 2.75) is 13.8 Å². The molecule has 0 bridgehead atoms. The van der Waals surface area contributed by atoms with Crippen molar-refractivity contribution in [1.29, 1.82) is 0 Å². The van der Waals surface area contributed by atoms with Crippen LogP contribution in [0, 0.1) is 13.8 Å². The molecule has 0 aromatic heterocycles. The first kappa shape index (κ1) is 13.1. The van der Waals surface area contributed by atoms with Crippen LogP contribution in [0.5, 0.6) is 0 Å². The Morgan fingerprint density at radius 3 is 2.00 bits per heavy atom. The van der Waals surface area contributed by atoms with E-state index in [0.717, 1.165) is 11.1 Å². The van der Waals surface area contributed by atoms with E-state index in [1.807, 2.05) is 19.9 Å². The maximum atomic E-state index is 5.87. The Hall–Kier alpha value is 1.09. The first-order valence-corrected chi connectivity index (χ1v) is 4.28. The van der Waals surface area contributed by atoms with Gasteiger partial charge in [0.15, 0.2) is 0 Å². The first-order chi connectivity index (χ1) is 5.04. The number of benzene rings is 1. The summed E-state index contributed by atoms with van der Waals surface area (Å²) in [6.07, 6.45) is 0. The summed E-state index contributed by atoms with van der Waals surface area (Å²) in [5.74, 6) is 0. The van der Waals surface area contributed by atoms with Crippen molar-refractivity contribution >= 4 is 64.4 Å². The van der Waals surface area contributed by atoms with Crippen molar-refractivity contribution in [3.05, 3.63) is 32.3 Å². The summed E-state index contributed by atoms with van der Waals surface area (Å²) in [6, 6.07) is 1.81. The summed E-state index contributed by atoms with van der Waals surface area (Å²) in [5, 5.41) is 1.81. The van der Waals surface area contributed by atoms with Gasteiger partial charge in [-0.2, -0.15) is 0 Å². The molecule has 0 atom stereocenters. The second-order valence-electron chi connectivity index (χ2n) is 2.43. The molecule has 4 heteroatoms. The molecule has 0 amide bonds. The normalized spacial score (nSPS) is 9.42. The molecule has 0 N–H and O–H groups in total. The molecule has 0 nitrogen and oxygen atoms in total. The minimum absolute atomic E-state index is 0. The molecular weight excluding hydrogens is 225 g/mol. The third-order valence-electron chi connectivity index (χ3n) is 1.57. The maximum absolute atomic E-state index is 5.87. The van der Waals surface area contributed by atoms with Crippen LogP contribution in [-0.2, 0) is 0 Å². The van der Waals surface area contributed by atoms with E-state index >= 15 is 0 Å². The van der Waals surface area contributed by atoms with Crippen LogP contribution in [0.25, 0.3) is 0 Å². The predicted molar refractivity (Wildman–Crippen MR) is 58.1 cm³/mol. The quantitative estimate of drug-likeness (QED) is 0.474. The summed E-state index contributed by atoms with van der Waals surface area (Å²) in [5.41, 5.74) is 1.75. The SMILES string of the molecule is Cc1cc(Cl)c(C)c(Cl)c1Cl.[NaH]. The molecule has 0 unspecified atom stereocenters. The molecule has 0 aliphatic carbocycles. The third-order valence-corrected chi connectivity index (χ3v) is 3.02. The zero-order chi connectivity index (χ0) is 8.59. The van der Waals surface area contributed by atoms with Gasteiger partial charge in [-0.1, -0.05) is 34.8 Å². The van der Waals surface area contributed by atoms with Gasteiger partial charge < -0.3 is 0 Å². The number of rotatable bonds is 0. The van der Waals surface area contributed by atoms with Crippen LogP contribution in [0.1, 0.15) is 11.1 Å². The van der Waals surface area contributed by atoms with Crippen LogP contribution in [0.3, 0.4) is 0 Å². The van der Waals surface area contributed by atoms with Gasteiger partial charge >= 0.3 is 29.6 Å². The van der Waals surface area contributed by atoms with Crippen molar-refractivity contribution in [3.8, 4) is 0 Å². The van der Waals surface area contributed by atoms with E-state index in [0.29, 0.717) is 15.1 Å². The van der Waals surface area contributed by atoms with Gasteiger partial charge in [0.25, 0.3) is 0 Å². The Balaban J connectivity index is 0.00000121. The van der Waals surface area contributed by atoms with Crippen molar-refractivity contribution in [2.24, 2.45) is 0 Å². The molecule has 0 radical (unpaired) electrons. The fourth-order valence-electron chi connectivity index (χ4n) is 0.804. The Labute approximate surface area is 109 Å². The first-order valence-electron chi connectivity index (χ1n) is 3.14. The van der Waals surface area contributed by atoms with Gasteiger partial charge in [-0.25, -0.2) is 0 Å². The van der Waals surface area contributed by atoms with Gasteiger partial charge in [0.1, 0.15) is 0 Å². The van der Waals surface area contributed by atoms with Gasteiger partial charge in [-0.15, -0.1) is 0 Å². The molecule has 62 valence electrons. The van der Waals surface area contributed by atoms with E-state index in [1.54, 1.807) is 0 Å². The molecule has 0 saturated heterocycles. The minimum atomic E-state index is 0. The third kappa shape index (κ3) is 2.54. The average molecular weight is 234 g/mol. The second kappa shape index (κ2) is 5.09. The summed E-state index contributed by atoms with van der Waals surface area (Å²) in [7, 11) is 0. The fourth-order valence-corrected chi connectivity index (χ4v) is 1.56. The van der Waals surface area contributed by atoms with E-state index in [2.05, 4.69) is 0 Å². The van der Waals surface area contributed by atoms with Gasteiger partial charge in [0, 0.05) is 5.02 Å². The summed E-state index contributed by atoms with van der Waals surface area (Å²) >= 11 is 17.6. The number of aryl methyl sites for hydroxylation is 1. The molecule has 12 heavy (non-hydrogen) atoms. The van der Waals surface area contributed by atoms with Gasteiger partial charge in [0.2, 0.25) is 0 Å². The molecule has 0 aliphatic rings. The molecule has 1 aromatic carbocycles. The van der Waals surface area contributed by atoms with Gasteiger partial charge in [-0.05, 0) is 31.0 Å². The van der Waals surface area contributed by atoms with Crippen LogP contribution in [0.15, 0.2) is 6.07 Å². The molecule has 0 spiro atoms. The van der Waals surface area contributed by atoms with Crippen molar-refractivity contribution in [3.63, 3.8) is 0 Å². The molecule has 0 heterocycles. The molecule has 0 fully saturated rings. The fraction of sp³-hybridized carbons (Fsp3) is 0.250. The van der Waals surface area contributed by atoms with E-state index in [-0.39, 0.29) is 29.6 Å².